The molecule has 0 saturated carbocycles. The summed E-state index contributed by atoms with van der Waals surface area (Å²) >= 11 is 0. The molecule has 3 rings (SSSR count). The van der Waals surface area contributed by atoms with E-state index < -0.39 is 6.04 Å². The van der Waals surface area contributed by atoms with Crippen LogP contribution in [-0.4, -0.2) is 31.2 Å². The minimum atomic E-state index is -0.569. The number of aromatic nitrogens is 4. The predicted octanol–water partition coefficient (Wildman–Crippen LogP) is 1.59. The number of aliphatic hydroxyl groups is 1. The van der Waals surface area contributed by atoms with E-state index in [1.807, 2.05) is 30.3 Å². The first-order valence-electron chi connectivity index (χ1n) is 7.53. The topological polar surface area (TPSA) is 92.9 Å². The summed E-state index contributed by atoms with van der Waals surface area (Å²) in [5, 5.41) is 23.2. The third-order valence-electron chi connectivity index (χ3n) is 3.64. The zero-order chi connectivity index (χ0) is 16.8. The van der Waals surface area contributed by atoms with E-state index in [1.165, 1.54) is 11.0 Å². The predicted molar refractivity (Wildman–Crippen MR) is 88.0 cm³/mol. The Bertz CT molecular complexity index is 790. The molecule has 24 heavy (non-hydrogen) atoms. The minimum Gasteiger partial charge on any atom is -0.392 e. The molecule has 0 bridgehead atoms. The van der Waals surface area contributed by atoms with Crippen molar-refractivity contribution < 1.29 is 9.90 Å². The molecule has 0 saturated heterocycles. The van der Waals surface area contributed by atoms with Crippen LogP contribution in [0.25, 0.3) is 0 Å². The molecular weight excluding hydrogens is 306 g/mol. The normalized spacial score (nSPS) is 11.9. The van der Waals surface area contributed by atoms with Crippen molar-refractivity contribution in [1.29, 1.82) is 0 Å². The lowest BCUT2D eigenvalue weighted by molar-refractivity contribution is -0.119. The molecule has 0 aliphatic carbocycles. The molecule has 122 valence electrons. The molecule has 2 N–H and O–H groups in total. The molecule has 0 spiro atoms. The molecule has 1 amide bonds. The van der Waals surface area contributed by atoms with Crippen molar-refractivity contribution in [2.24, 2.45) is 0 Å². The van der Waals surface area contributed by atoms with Crippen molar-refractivity contribution in [2.75, 3.05) is 5.32 Å². The zero-order valence-electron chi connectivity index (χ0n) is 12.9. The van der Waals surface area contributed by atoms with Crippen molar-refractivity contribution in [3.05, 3.63) is 72.1 Å². The van der Waals surface area contributed by atoms with Gasteiger partial charge in [-0.15, -0.1) is 5.10 Å². The average Bonchev–Trinajstić information content (AvgIpc) is 3.15. The summed E-state index contributed by atoms with van der Waals surface area (Å²) in [6, 6.07) is 16.2. The van der Waals surface area contributed by atoms with E-state index in [1.54, 1.807) is 24.3 Å². The van der Waals surface area contributed by atoms with Gasteiger partial charge in [0.15, 0.2) is 0 Å². The molecule has 1 heterocycles. The Morgan fingerprint density at radius 3 is 2.62 bits per heavy atom. The van der Waals surface area contributed by atoms with Crippen molar-refractivity contribution in [3.63, 3.8) is 0 Å². The molecule has 0 fully saturated rings. The number of carbonyl (C=O) groups is 1. The van der Waals surface area contributed by atoms with Gasteiger partial charge in [-0.25, -0.2) is 4.68 Å². The Hall–Kier alpha value is -3.06. The van der Waals surface area contributed by atoms with Crippen molar-refractivity contribution in [2.45, 2.75) is 19.1 Å². The fourth-order valence-corrected chi connectivity index (χ4v) is 2.43. The zero-order valence-corrected chi connectivity index (χ0v) is 12.9. The summed E-state index contributed by atoms with van der Waals surface area (Å²) < 4.78 is 1.44. The lowest BCUT2D eigenvalue weighted by atomic mass is 10.1. The largest absolute Gasteiger partial charge is 0.392 e. The monoisotopic (exact) mass is 323 g/mol. The summed E-state index contributed by atoms with van der Waals surface area (Å²) in [4.78, 5) is 12.7. The number of nitrogens with zero attached hydrogens (tertiary/aromatic N) is 4. The molecule has 7 nitrogen and oxygen atoms in total. The van der Waals surface area contributed by atoms with Gasteiger partial charge in [0, 0.05) is 12.1 Å². The molecule has 7 heteroatoms. The summed E-state index contributed by atoms with van der Waals surface area (Å²) in [5.74, 6) is -0.221. The number of hydrogen-bond acceptors (Lipinski definition) is 5. The molecule has 0 aliphatic heterocycles. The Labute approximate surface area is 138 Å². The van der Waals surface area contributed by atoms with Crippen LogP contribution >= 0.6 is 0 Å². The average molecular weight is 323 g/mol. The van der Waals surface area contributed by atoms with E-state index in [0.717, 1.165) is 11.1 Å². The van der Waals surface area contributed by atoms with Crippen LogP contribution in [-0.2, 0) is 17.8 Å². The van der Waals surface area contributed by atoms with Crippen LogP contribution in [0.5, 0.6) is 0 Å². The van der Waals surface area contributed by atoms with Crippen molar-refractivity contribution in [3.8, 4) is 0 Å². The lowest BCUT2D eigenvalue weighted by Crippen LogP contribution is -2.28. The Morgan fingerprint density at radius 2 is 1.92 bits per heavy atom. The SMILES string of the molecule is O=C(Nc1cccc(CO)c1)C(Cc1ccccc1)n1cnnn1. The number of aliphatic hydroxyl groups excluding tert-OH is 1. The fourth-order valence-electron chi connectivity index (χ4n) is 2.43. The second kappa shape index (κ2) is 7.47. The first-order valence-corrected chi connectivity index (χ1v) is 7.53. The molecule has 2 aromatic carbocycles. The Morgan fingerprint density at radius 1 is 1.12 bits per heavy atom. The van der Waals surface area contributed by atoms with E-state index in [2.05, 4.69) is 20.8 Å². The summed E-state index contributed by atoms with van der Waals surface area (Å²) in [6.07, 6.45) is 1.90. The molecule has 1 aromatic heterocycles. The molecule has 0 aliphatic rings. The van der Waals surface area contributed by atoms with E-state index in [0.29, 0.717) is 12.1 Å². The number of tetrazole rings is 1. The quantitative estimate of drug-likeness (QED) is 0.718. The van der Waals surface area contributed by atoms with Gasteiger partial charge >= 0.3 is 0 Å². The number of benzene rings is 2. The number of hydrogen-bond donors (Lipinski definition) is 2. The molecule has 3 aromatic rings. The van der Waals surface area contributed by atoms with Gasteiger partial charge < -0.3 is 10.4 Å². The minimum absolute atomic E-state index is 0.0792. The smallest absolute Gasteiger partial charge is 0.249 e. The summed E-state index contributed by atoms with van der Waals surface area (Å²) in [7, 11) is 0. The first kappa shape index (κ1) is 15.8. The molecule has 1 atom stereocenters. The fraction of sp³-hybridized carbons (Fsp3) is 0.176. The Balaban J connectivity index is 1.81. The molecular formula is C17H17N5O2. The standard InChI is InChI=1S/C17H17N5O2/c23-11-14-7-4-8-15(9-14)19-17(24)16(22-12-18-20-21-22)10-13-5-2-1-3-6-13/h1-9,12,16,23H,10-11H2,(H,19,24). The van der Waals surface area contributed by atoms with Gasteiger partial charge in [0.1, 0.15) is 12.4 Å². The van der Waals surface area contributed by atoms with Gasteiger partial charge in [0.2, 0.25) is 5.91 Å². The van der Waals surface area contributed by atoms with Gasteiger partial charge in [0.25, 0.3) is 0 Å². The van der Waals surface area contributed by atoms with Gasteiger partial charge in [0.05, 0.1) is 6.61 Å². The van der Waals surface area contributed by atoms with Crippen LogP contribution in [0.15, 0.2) is 60.9 Å². The van der Waals surface area contributed by atoms with Crippen molar-refractivity contribution in [1.82, 2.24) is 20.2 Å². The maximum absolute atomic E-state index is 12.7. The molecule has 0 radical (unpaired) electrons. The number of rotatable bonds is 6. The second-order valence-electron chi connectivity index (χ2n) is 5.34. The number of anilines is 1. The van der Waals surface area contributed by atoms with E-state index >= 15 is 0 Å². The highest BCUT2D eigenvalue weighted by Crippen LogP contribution is 2.17. The number of carbonyl (C=O) groups excluding carboxylic acids is 1. The summed E-state index contributed by atoms with van der Waals surface area (Å²) in [6.45, 7) is -0.0792. The molecule has 1 unspecified atom stereocenters. The van der Waals surface area contributed by atoms with Gasteiger partial charge in [-0.1, -0.05) is 42.5 Å². The Kier molecular flexibility index (Phi) is 4.93. The van der Waals surface area contributed by atoms with E-state index in [4.69, 9.17) is 0 Å². The van der Waals surface area contributed by atoms with E-state index in [9.17, 15) is 9.90 Å². The van der Waals surface area contributed by atoms with Crippen LogP contribution in [0.4, 0.5) is 5.69 Å². The highest BCUT2D eigenvalue weighted by atomic mass is 16.3. The summed E-state index contributed by atoms with van der Waals surface area (Å²) in [5.41, 5.74) is 2.37. The van der Waals surface area contributed by atoms with Crippen LogP contribution < -0.4 is 5.32 Å². The van der Waals surface area contributed by atoms with Crippen LogP contribution in [0.2, 0.25) is 0 Å². The third-order valence-corrected chi connectivity index (χ3v) is 3.64. The maximum Gasteiger partial charge on any atom is 0.249 e. The van der Waals surface area contributed by atoms with Gasteiger partial charge in [-0.2, -0.15) is 0 Å². The van der Waals surface area contributed by atoms with Crippen LogP contribution in [0.1, 0.15) is 17.2 Å². The first-order chi connectivity index (χ1) is 11.8. The maximum atomic E-state index is 12.7. The van der Waals surface area contributed by atoms with Crippen LogP contribution in [0.3, 0.4) is 0 Å². The van der Waals surface area contributed by atoms with Crippen LogP contribution in [0, 0.1) is 0 Å². The third kappa shape index (κ3) is 3.82. The second-order valence-corrected chi connectivity index (χ2v) is 5.34. The van der Waals surface area contributed by atoms with E-state index in [-0.39, 0.29) is 12.5 Å². The van der Waals surface area contributed by atoms with Gasteiger partial charge in [-0.3, -0.25) is 4.79 Å². The van der Waals surface area contributed by atoms with Gasteiger partial charge in [-0.05, 0) is 33.7 Å². The number of amides is 1. The van der Waals surface area contributed by atoms with Crippen molar-refractivity contribution >= 4 is 11.6 Å². The number of nitrogens with one attached hydrogen (secondary N) is 1. The highest BCUT2D eigenvalue weighted by molar-refractivity contribution is 5.93. The lowest BCUT2D eigenvalue weighted by Gasteiger charge is -2.16. The highest BCUT2D eigenvalue weighted by Gasteiger charge is 2.22.